The summed E-state index contributed by atoms with van der Waals surface area (Å²) in [5.74, 6) is -2.05. The van der Waals surface area contributed by atoms with Crippen LogP contribution in [-0.2, 0) is 14.8 Å². The van der Waals surface area contributed by atoms with Crippen LogP contribution in [0.4, 0.5) is 14.5 Å². The van der Waals surface area contributed by atoms with Crippen LogP contribution in [0.2, 0.25) is 5.02 Å². The average molecular weight is 430 g/mol. The van der Waals surface area contributed by atoms with Gasteiger partial charge >= 0.3 is 0 Å². The molecule has 1 heterocycles. The van der Waals surface area contributed by atoms with Gasteiger partial charge < -0.3 is 5.32 Å². The van der Waals surface area contributed by atoms with Gasteiger partial charge in [0.25, 0.3) is 0 Å². The molecule has 2 aromatic rings. The third-order valence-electron chi connectivity index (χ3n) is 4.36. The molecule has 1 N–H and O–H groups in total. The number of benzene rings is 2. The number of nitrogens with one attached hydrogen (secondary N) is 1. The van der Waals surface area contributed by atoms with Crippen molar-refractivity contribution in [3.05, 3.63) is 59.1 Å². The van der Waals surface area contributed by atoms with Gasteiger partial charge in [0, 0.05) is 32.2 Å². The van der Waals surface area contributed by atoms with Crippen LogP contribution in [0, 0.1) is 11.6 Å². The van der Waals surface area contributed by atoms with E-state index in [0.717, 1.165) is 12.1 Å². The van der Waals surface area contributed by atoms with Crippen LogP contribution in [0.3, 0.4) is 0 Å². The minimum Gasteiger partial charge on any atom is -0.322 e. The van der Waals surface area contributed by atoms with Crippen LogP contribution in [-0.4, -0.2) is 56.3 Å². The molecule has 0 unspecified atom stereocenters. The summed E-state index contributed by atoms with van der Waals surface area (Å²) >= 11 is 6.00. The fourth-order valence-corrected chi connectivity index (χ4v) is 4.82. The molecule has 28 heavy (non-hydrogen) atoms. The van der Waals surface area contributed by atoms with Crippen molar-refractivity contribution in [2.24, 2.45) is 0 Å². The molecule has 1 amide bonds. The van der Waals surface area contributed by atoms with E-state index >= 15 is 0 Å². The van der Waals surface area contributed by atoms with E-state index < -0.39 is 27.6 Å². The van der Waals surface area contributed by atoms with Crippen molar-refractivity contribution in [1.82, 2.24) is 9.21 Å². The predicted molar refractivity (Wildman–Crippen MR) is 102 cm³/mol. The fraction of sp³-hybridized carbons (Fsp3) is 0.278. The minimum atomic E-state index is -3.71. The molecule has 0 radical (unpaired) electrons. The number of anilines is 1. The highest BCUT2D eigenvalue weighted by Gasteiger charge is 2.30. The van der Waals surface area contributed by atoms with Crippen molar-refractivity contribution in [2.75, 3.05) is 38.0 Å². The van der Waals surface area contributed by atoms with Gasteiger partial charge in [-0.25, -0.2) is 17.2 Å². The molecule has 1 aliphatic rings. The van der Waals surface area contributed by atoms with Gasteiger partial charge in [-0.2, -0.15) is 4.31 Å². The first-order valence-electron chi connectivity index (χ1n) is 8.49. The topological polar surface area (TPSA) is 69.7 Å². The maximum Gasteiger partial charge on any atom is 0.244 e. The van der Waals surface area contributed by atoms with Crippen molar-refractivity contribution < 1.29 is 22.0 Å². The summed E-state index contributed by atoms with van der Waals surface area (Å²) in [6.45, 7) is 1.04. The van der Waals surface area contributed by atoms with Crippen LogP contribution >= 0.6 is 11.6 Å². The largest absolute Gasteiger partial charge is 0.322 e. The lowest BCUT2D eigenvalue weighted by Crippen LogP contribution is -2.50. The predicted octanol–water partition coefficient (Wildman–Crippen LogP) is 2.56. The van der Waals surface area contributed by atoms with E-state index in [-0.39, 0.29) is 35.2 Å². The summed E-state index contributed by atoms with van der Waals surface area (Å²) in [4.78, 5) is 13.9. The number of halogens is 3. The molecule has 0 saturated carbocycles. The third kappa shape index (κ3) is 4.67. The molecule has 6 nitrogen and oxygen atoms in total. The number of hydrogen-bond acceptors (Lipinski definition) is 4. The maximum atomic E-state index is 13.6. The zero-order chi connectivity index (χ0) is 20.3. The SMILES string of the molecule is O=C(CN1CCN(S(=O)(=O)c2ccccc2Cl)CC1)Nc1ccc(F)cc1F. The maximum absolute atomic E-state index is 13.6. The molecule has 0 bridgehead atoms. The Morgan fingerprint density at radius 1 is 1.07 bits per heavy atom. The lowest BCUT2D eigenvalue weighted by molar-refractivity contribution is -0.117. The Labute approximate surface area is 166 Å². The van der Waals surface area contributed by atoms with E-state index in [1.807, 2.05) is 0 Å². The van der Waals surface area contributed by atoms with Gasteiger partial charge in [-0.1, -0.05) is 23.7 Å². The number of carbonyl (C=O) groups excluding carboxylic acids is 1. The van der Waals surface area contributed by atoms with Gasteiger partial charge in [0.15, 0.2) is 0 Å². The Bertz CT molecular complexity index is 980. The summed E-state index contributed by atoms with van der Waals surface area (Å²) in [6.07, 6.45) is 0. The second kappa shape index (κ2) is 8.52. The number of piperazine rings is 1. The summed E-state index contributed by atoms with van der Waals surface area (Å²) < 4.78 is 53.3. The fourth-order valence-electron chi connectivity index (χ4n) is 2.90. The van der Waals surface area contributed by atoms with Gasteiger partial charge in [-0.15, -0.1) is 0 Å². The lowest BCUT2D eigenvalue weighted by atomic mass is 10.3. The highest BCUT2D eigenvalue weighted by molar-refractivity contribution is 7.89. The van der Waals surface area contributed by atoms with Crippen molar-refractivity contribution in [2.45, 2.75) is 4.90 Å². The highest BCUT2D eigenvalue weighted by atomic mass is 35.5. The Hall–Kier alpha value is -2.07. The molecule has 1 fully saturated rings. The highest BCUT2D eigenvalue weighted by Crippen LogP contribution is 2.25. The Morgan fingerprint density at radius 2 is 1.75 bits per heavy atom. The van der Waals surface area contributed by atoms with Crippen molar-refractivity contribution in [3.8, 4) is 0 Å². The Balaban J connectivity index is 1.57. The normalized spacial score (nSPS) is 16.1. The molecule has 1 aliphatic heterocycles. The smallest absolute Gasteiger partial charge is 0.244 e. The molecular formula is C18H18ClF2N3O3S. The molecule has 0 aliphatic carbocycles. The monoisotopic (exact) mass is 429 g/mol. The van der Waals surface area contributed by atoms with E-state index in [9.17, 15) is 22.0 Å². The van der Waals surface area contributed by atoms with Gasteiger partial charge in [-0.05, 0) is 24.3 Å². The molecule has 10 heteroatoms. The number of hydrogen-bond donors (Lipinski definition) is 1. The van der Waals surface area contributed by atoms with E-state index in [1.54, 1.807) is 17.0 Å². The molecule has 3 rings (SSSR count). The number of amides is 1. The molecule has 2 aromatic carbocycles. The first-order valence-corrected chi connectivity index (χ1v) is 10.3. The summed E-state index contributed by atoms with van der Waals surface area (Å²) in [5.41, 5.74) is -0.105. The summed E-state index contributed by atoms with van der Waals surface area (Å²) in [7, 11) is -3.71. The zero-order valence-corrected chi connectivity index (χ0v) is 16.3. The third-order valence-corrected chi connectivity index (χ3v) is 6.76. The number of sulfonamides is 1. The van der Waals surface area contributed by atoms with E-state index in [2.05, 4.69) is 5.32 Å². The van der Waals surface area contributed by atoms with Crippen molar-refractivity contribution in [3.63, 3.8) is 0 Å². The van der Waals surface area contributed by atoms with E-state index in [1.165, 1.54) is 16.4 Å². The first kappa shape index (κ1) is 20.7. The molecule has 0 spiro atoms. The van der Waals surface area contributed by atoms with Crippen molar-refractivity contribution >= 4 is 33.2 Å². The van der Waals surface area contributed by atoms with Gasteiger partial charge in [0.1, 0.15) is 16.5 Å². The molecular weight excluding hydrogens is 412 g/mol. The zero-order valence-electron chi connectivity index (χ0n) is 14.7. The molecule has 150 valence electrons. The second-order valence-corrected chi connectivity index (χ2v) is 8.60. The van der Waals surface area contributed by atoms with Gasteiger partial charge in [-0.3, -0.25) is 9.69 Å². The summed E-state index contributed by atoms with van der Waals surface area (Å²) in [5, 5.41) is 2.55. The summed E-state index contributed by atoms with van der Waals surface area (Å²) in [6, 6.07) is 9.12. The molecule has 0 aromatic heterocycles. The minimum absolute atomic E-state index is 0.0310. The average Bonchev–Trinajstić information content (AvgIpc) is 2.65. The van der Waals surface area contributed by atoms with Crippen LogP contribution in [0.5, 0.6) is 0 Å². The van der Waals surface area contributed by atoms with Crippen LogP contribution in [0.1, 0.15) is 0 Å². The van der Waals surface area contributed by atoms with Crippen LogP contribution in [0.25, 0.3) is 0 Å². The Morgan fingerprint density at radius 3 is 2.39 bits per heavy atom. The van der Waals surface area contributed by atoms with E-state index in [4.69, 9.17) is 11.6 Å². The number of nitrogens with zero attached hydrogens (tertiary/aromatic N) is 2. The first-order chi connectivity index (χ1) is 13.3. The standard InChI is InChI=1S/C18H18ClF2N3O3S/c19-14-3-1-2-4-17(14)28(26,27)24-9-7-23(8-10-24)12-18(25)22-16-6-5-13(20)11-15(16)21/h1-6,11H,7-10,12H2,(H,22,25). The quantitative estimate of drug-likeness (QED) is 0.793. The molecule has 1 saturated heterocycles. The number of carbonyl (C=O) groups is 1. The van der Waals surface area contributed by atoms with Crippen LogP contribution in [0.15, 0.2) is 47.4 Å². The number of rotatable bonds is 5. The van der Waals surface area contributed by atoms with Crippen molar-refractivity contribution in [1.29, 1.82) is 0 Å². The molecule has 0 atom stereocenters. The van der Waals surface area contributed by atoms with Gasteiger partial charge in [0.2, 0.25) is 15.9 Å². The van der Waals surface area contributed by atoms with Gasteiger partial charge in [0.05, 0.1) is 17.3 Å². The van der Waals surface area contributed by atoms with Crippen LogP contribution < -0.4 is 5.32 Å². The van der Waals surface area contributed by atoms with E-state index in [0.29, 0.717) is 19.2 Å². The second-order valence-electron chi connectivity index (χ2n) is 6.28. The lowest BCUT2D eigenvalue weighted by Gasteiger charge is -2.33. The Kier molecular flexibility index (Phi) is 6.29.